The quantitative estimate of drug-likeness (QED) is 0.873. The largest absolute Gasteiger partial charge is 0.377 e. The molecule has 6 heteroatoms. The fourth-order valence-corrected chi connectivity index (χ4v) is 4.48. The number of sulfone groups is 1. The van der Waals surface area contributed by atoms with E-state index in [-0.39, 0.29) is 11.4 Å². The predicted molar refractivity (Wildman–Crippen MR) is 86.5 cm³/mol. The first-order valence-electron chi connectivity index (χ1n) is 7.56. The van der Waals surface area contributed by atoms with Crippen LogP contribution in [0.2, 0.25) is 0 Å². The lowest BCUT2D eigenvalue weighted by Gasteiger charge is -2.13. The van der Waals surface area contributed by atoms with Gasteiger partial charge in [0.1, 0.15) is 5.75 Å². The van der Waals surface area contributed by atoms with Crippen molar-refractivity contribution in [3.8, 4) is 0 Å². The van der Waals surface area contributed by atoms with Crippen LogP contribution in [0.4, 0.5) is 5.69 Å². The van der Waals surface area contributed by atoms with Crippen molar-refractivity contribution in [2.75, 3.05) is 18.2 Å². The summed E-state index contributed by atoms with van der Waals surface area (Å²) in [6, 6.07) is 7.26. The molecule has 1 aromatic rings. The molecule has 0 bridgehead atoms. The van der Waals surface area contributed by atoms with Gasteiger partial charge in [-0.1, -0.05) is 25.0 Å². The van der Waals surface area contributed by atoms with Crippen LogP contribution < -0.4 is 5.32 Å². The molecule has 0 saturated heterocycles. The summed E-state index contributed by atoms with van der Waals surface area (Å²) in [5.74, 6) is -0.920. The topological polar surface area (TPSA) is 72.5 Å². The Bertz CT molecular complexity index is 621. The van der Waals surface area contributed by atoms with Gasteiger partial charge in [0.15, 0.2) is 9.84 Å². The van der Waals surface area contributed by atoms with Crippen LogP contribution in [0.25, 0.3) is 0 Å². The number of amides is 1. The second kappa shape index (κ2) is 7.24. The molecule has 1 aliphatic carbocycles. The molecule has 1 aromatic carbocycles. The molecular weight excluding hydrogens is 302 g/mol. The number of carbonyl (C=O) groups excluding carboxylic acids is 1. The first-order valence-corrected chi connectivity index (χ1v) is 9.28. The maximum absolute atomic E-state index is 12.2. The summed E-state index contributed by atoms with van der Waals surface area (Å²) in [6.45, 7) is 1.91. The van der Waals surface area contributed by atoms with Crippen LogP contribution in [-0.2, 0) is 19.4 Å². The summed E-state index contributed by atoms with van der Waals surface area (Å²) in [4.78, 5) is 12.0. The first-order chi connectivity index (χ1) is 10.4. The smallest absolute Gasteiger partial charge is 0.239 e. The number of ether oxygens (including phenoxy) is 1. The zero-order chi connectivity index (χ0) is 16.2. The summed E-state index contributed by atoms with van der Waals surface area (Å²) in [5.41, 5.74) is 1.52. The van der Waals surface area contributed by atoms with E-state index in [2.05, 4.69) is 5.32 Å². The number of benzene rings is 1. The Balaban J connectivity index is 2.00. The third kappa shape index (κ3) is 4.30. The van der Waals surface area contributed by atoms with Gasteiger partial charge in [-0.05, 0) is 37.5 Å². The normalized spacial score (nSPS) is 17.4. The Morgan fingerprint density at radius 2 is 2.05 bits per heavy atom. The van der Waals surface area contributed by atoms with Crippen LogP contribution in [-0.4, -0.2) is 32.4 Å². The minimum atomic E-state index is -3.35. The van der Waals surface area contributed by atoms with Crippen molar-refractivity contribution < 1.29 is 17.9 Å². The second-order valence-corrected chi connectivity index (χ2v) is 8.05. The van der Waals surface area contributed by atoms with Crippen molar-refractivity contribution in [1.82, 2.24) is 0 Å². The van der Waals surface area contributed by atoms with Crippen molar-refractivity contribution >= 4 is 21.4 Å². The zero-order valence-electron chi connectivity index (χ0n) is 13.0. The Hall–Kier alpha value is -1.40. The van der Waals surface area contributed by atoms with Crippen molar-refractivity contribution in [3.05, 3.63) is 29.8 Å². The molecule has 0 radical (unpaired) electrons. The molecule has 1 amide bonds. The average Bonchev–Trinajstić information content (AvgIpc) is 3.01. The molecule has 2 rings (SSSR count). The van der Waals surface area contributed by atoms with Crippen LogP contribution in [0, 0.1) is 0 Å². The van der Waals surface area contributed by atoms with Gasteiger partial charge >= 0.3 is 0 Å². The summed E-state index contributed by atoms with van der Waals surface area (Å²) < 4.78 is 29.6. The Labute approximate surface area is 132 Å². The van der Waals surface area contributed by atoms with Gasteiger partial charge in [0, 0.05) is 12.8 Å². The van der Waals surface area contributed by atoms with E-state index in [1.54, 1.807) is 19.2 Å². The van der Waals surface area contributed by atoms with E-state index >= 15 is 0 Å². The fourth-order valence-electron chi connectivity index (χ4n) is 2.75. The molecule has 1 aliphatic rings. The second-order valence-electron chi connectivity index (χ2n) is 5.77. The highest BCUT2D eigenvalue weighted by Crippen LogP contribution is 2.25. The highest BCUT2D eigenvalue weighted by Gasteiger charge is 2.30. The van der Waals surface area contributed by atoms with Crippen molar-refractivity contribution in [2.24, 2.45) is 0 Å². The van der Waals surface area contributed by atoms with Gasteiger partial charge in [0.2, 0.25) is 5.91 Å². The summed E-state index contributed by atoms with van der Waals surface area (Å²) in [5, 5.41) is 2.32. The lowest BCUT2D eigenvalue weighted by Crippen LogP contribution is -2.29. The van der Waals surface area contributed by atoms with Crippen molar-refractivity contribution in [2.45, 2.75) is 44.0 Å². The number of anilines is 1. The van der Waals surface area contributed by atoms with Gasteiger partial charge in [0.05, 0.1) is 11.4 Å². The minimum absolute atomic E-state index is 0.0842. The standard InChI is InChI=1S/C16H23NO4S/c1-12(21-2)13-6-5-7-14(10-13)17-16(18)11-22(19,20)15-8-3-4-9-15/h5-7,10,12,15H,3-4,8-9,11H2,1-2H3,(H,17,18)/t12-/m0/s1. The van der Waals surface area contributed by atoms with E-state index in [4.69, 9.17) is 4.74 Å². The Morgan fingerprint density at radius 1 is 1.36 bits per heavy atom. The fraction of sp³-hybridized carbons (Fsp3) is 0.562. The maximum Gasteiger partial charge on any atom is 0.239 e. The molecule has 1 atom stereocenters. The van der Waals surface area contributed by atoms with E-state index in [1.807, 2.05) is 19.1 Å². The molecule has 0 unspecified atom stereocenters. The van der Waals surface area contributed by atoms with Crippen molar-refractivity contribution in [3.63, 3.8) is 0 Å². The van der Waals surface area contributed by atoms with Crippen LogP contribution in [0.5, 0.6) is 0 Å². The van der Waals surface area contributed by atoms with Crippen molar-refractivity contribution in [1.29, 1.82) is 0 Å². The van der Waals surface area contributed by atoms with Gasteiger partial charge in [-0.3, -0.25) is 4.79 Å². The SMILES string of the molecule is CO[C@@H](C)c1cccc(NC(=O)CS(=O)(=O)C2CCCC2)c1. The molecular formula is C16H23NO4S. The molecule has 0 heterocycles. The molecule has 0 aromatic heterocycles. The lowest BCUT2D eigenvalue weighted by molar-refractivity contribution is -0.113. The predicted octanol–water partition coefficient (Wildman–Crippen LogP) is 2.69. The van der Waals surface area contributed by atoms with Crippen LogP contribution >= 0.6 is 0 Å². The zero-order valence-corrected chi connectivity index (χ0v) is 13.9. The van der Waals surface area contributed by atoms with E-state index in [0.29, 0.717) is 18.5 Å². The monoisotopic (exact) mass is 325 g/mol. The molecule has 5 nitrogen and oxygen atoms in total. The number of hydrogen-bond donors (Lipinski definition) is 1. The van der Waals surface area contributed by atoms with E-state index < -0.39 is 21.5 Å². The summed E-state index contributed by atoms with van der Waals surface area (Å²) in [6.07, 6.45) is 3.14. The van der Waals surface area contributed by atoms with E-state index in [1.165, 1.54) is 0 Å². The number of rotatable bonds is 6. The van der Waals surface area contributed by atoms with E-state index in [9.17, 15) is 13.2 Å². The van der Waals surface area contributed by atoms with Gasteiger partial charge in [-0.2, -0.15) is 0 Å². The number of hydrogen-bond acceptors (Lipinski definition) is 4. The maximum atomic E-state index is 12.2. The highest BCUT2D eigenvalue weighted by atomic mass is 32.2. The molecule has 122 valence electrons. The lowest BCUT2D eigenvalue weighted by atomic mass is 10.1. The molecule has 22 heavy (non-hydrogen) atoms. The Kier molecular flexibility index (Phi) is 5.58. The first kappa shape index (κ1) is 17.0. The van der Waals surface area contributed by atoms with Gasteiger partial charge in [0.25, 0.3) is 0 Å². The minimum Gasteiger partial charge on any atom is -0.377 e. The van der Waals surface area contributed by atoms with Crippen LogP contribution in [0.1, 0.15) is 44.3 Å². The molecule has 1 saturated carbocycles. The van der Waals surface area contributed by atoms with E-state index in [0.717, 1.165) is 18.4 Å². The van der Waals surface area contributed by atoms with Crippen LogP contribution in [0.3, 0.4) is 0 Å². The third-order valence-corrected chi connectivity index (χ3v) is 6.29. The molecule has 0 spiro atoms. The van der Waals surface area contributed by atoms with Gasteiger partial charge in [-0.25, -0.2) is 8.42 Å². The molecule has 1 N–H and O–H groups in total. The number of nitrogens with one attached hydrogen (secondary N) is 1. The Morgan fingerprint density at radius 3 is 2.68 bits per heavy atom. The third-order valence-electron chi connectivity index (χ3n) is 4.14. The summed E-state index contributed by atoms with van der Waals surface area (Å²) >= 11 is 0. The summed E-state index contributed by atoms with van der Waals surface area (Å²) in [7, 11) is -1.73. The highest BCUT2D eigenvalue weighted by molar-refractivity contribution is 7.92. The van der Waals surface area contributed by atoms with Gasteiger partial charge < -0.3 is 10.1 Å². The molecule has 0 aliphatic heterocycles. The average molecular weight is 325 g/mol. The number of methoxy groups -OCH3 is 1. The van der Waals surface area contributed by atoms with Gasteiger partial charge in [-0.15, -0.1) is 0 Å². The number of carbonyl (C=O) groups is 1. The molecule has 1 fully saturated rings. The van der Waals surface area contributed by atoms with Crippen LogP contribution in [0.15, 0.2) is 24.3 Å².